The first-order valence-electron chi connectivity index (χ1n) is 6.28. The third-order valence-electron chi connectivity index (χ3n) is 3.11. The molecule has 3 heteroatoms. The van der Waals surface area contributed by atoms with Crippen LogP contribution in [0.3, 0.4) is 0 Å². The molecule has 1 aromatic carbocycles. The maximum absolute atomic E-state index is 10.7. The fourth-order valence-corrected chi connectivity index (χ4v) is 2.10. The second kappa shape index (κ2) is 5.65. The number of rotatable bonds is 4. The van der Waals surface area contributed by atoms with Gasteiger partial charge in [0.2, 0.25) is 0 Å². The highest BCUT2D eigenvalue weighted by molar-refractivity contribution is 5.75. The maximum Gasteiger partial charge on any atom is 0.151 e. The van der Waals surface area contributed by atoms with Gasteiger partial charge in [0.05, 0.1) is 0 Å². The quantitative estimate of drug-likeness (QED) is 0.786. The molecule has 0 saturated heterocycles. The van der Waals surface area contributed by atoms with E-state index in [-0.39, 0.29) is 0 Å². The van der Waals surface area contributed by atoms with E-state index in [1.807, 2.05) is 20.0 Å². The van der Waals surface area contributed by atoms with Crippen LogP contribution < -0.4 is 4.90 Å². The summed E-state index contributed by atoms with van der Waals surface area (Å²) < 4.78 is 0. The summed E-state index contributed by atoms with van der Waals surface area (Å²) >= 11 is 0. The molecule has 0 spiro atoms. The zero-order chi connectivity index (χ0) is 13.8. The van der Waals surface area contributed by atoms with Gasteiger partial charge in [0, 0.05) is 25.4 Å². The molecule has 0 fully saturated rings. The molecule has 0 radical (unpaired) electrons. The molecular weight excluding hydrogens is 236 g/mol. The summed E-state index contributed by atoms with van der Waals surface area (Å²) in [4.78, 5) is 17.2. The Morgan fingerprint density at radius 3 is 2.47 bits per heavy atom. The molecule has 0 atom stereocenters. The number of carbonyl (C=O) groups is 1. The first-order valence-corrected chi connectivity index (χ1v) is 6.28. The van der Waals surface area contributed by atoms with Gasteiger partial charge in [0.15, 0.2) is 6.29 Å². The number of aromatic nitrogens is 1. The maximum atomic E-state index is 10.7. The van der Waals surface area contributed by atoms with Crippen molar-refractivity contribution in [2.45, 2.75) is 20.4 Å². The lowest BCUT2D eigenvalue weighted by molar-refractivity contribution is 0.112. The van der Waals surface area contributed by atoms with Crippen LogP contribution in [-0.4, -0.2) is 18.3 Å². The SMILES string of the molecule is Cc1ccc(CN(C)c2ncc(C=O)cc2C)cc1. The summed E-state index contributed by atoms with van der Waals surface area (Å²) in [5.74, 6) is 0.908. The lowest BCUT2D eigenvalue weighted by atomic mass is 10.1. The molecule has 0 saturated carbocycles. The van der Waals surface area contributed by atoms with Crippen molar-refractivity contribution in [3.05, 3.63) is 58.8 Å². The Morgan fingerprint density at radius 1 is 1.21 bits per heavy atom. The van der Waals surface area contributed by atoms with Crippen LogP contribution in [0.25, 0.3) is 0 Å². The first-order chi connectivity index (χ1) is 9.10. The number of hydrogen-bond donors (Lipinski definition) is 0. The number of benzene rings is 1. The minimum absolute atomic E-state index is 0.616. The summed E-state index contributed by atoms with van der Waals surface area (Å²) in [6, 6.07) is 10.3. The van der Waals surface area contributed by atoms with Crippen LogP contribution in [-0.2, 0) is 6.54 Å². The Bertz CT molecular complexity index is 576. The van der Waals surface area contributed by atoms with Crippen LogP contribution >= 0.6 is 0 Å². The van der Waals surface area contributed by atoms with Crippen molar-refractivity contribution in [3.63, 3.8) is 0 Å². The summed E-state index contributed by atoms with van der Waals surface area (Å²) in [6.45, 7) is 4.85. The van der Waals surface area contributed by atoms with Crippen molar-refractivity contribution >= 4 is 12.1 Å². The van der Waals surface area contributed by atoms with Crippen LogP contribution in [0.5, 0.6) is 0 Å². The summed E-state index contributed by atoms with van der Waals surface area (Å²) in [7, 11) is 2.01. The van der Waals surface area contributed by atoms with E-state index in [1.165, 1.54) is 11.1 Å². The van der Waals surface area contributed by atoms with Gasteiger partial charge in [-0.25, -0.2) is 4.98 Å². The Labute approximate surface area is 113 Å². The average molecular weight is 254 g/mol. The Balaban J connectivity index is 2.17. The number of aryl methyl sites for hydroxylation is 2. The van der Waals surface area contributed by atoms with E-state index in [9.17, 15) is 4.79 Å². The minimum atomic E-state index is 0.616. The molecule has 1 aromatic heterocycles. The molecule has 0 N–H and O–H groups in total. The fourth-order valence-electron chi connectivity index (χ4n) is 2.10. The normalized spacial score (nSPS) is 10.3. The number of carbonyl (C=O) groups excluding carboxylic acids is 1. The smallest absolute Gasteiger partial charge is 0.151 e. The number of hydrogen-bond acceptors (Lipinski definition) is 3. The molecule has 98 valence electrons. The third kappa shape index (κ3) is 3.19. The van der Waals surface area contributed by atoms with Gasteiger partial charge >= 0.3 is 0 Å². The van der Waals surface area contributed by atoms with Gasteiger partial charge in [-0.1, -0.05) is 29.8 Å². The molecular formula is C16H18N2O. The highest BCUT2D eigenvalue weighted by Gasteiger charge is 2.07. The number of anilines is 1. The predicted octanol–water partition coefficient (Wildman–Crippen LogP) is 3.15. The predicted molar refractivity (Wildman–Crippen MR) is 77.6 cm³/mol. The summed E-state index contributed by atoms with van der Waals surface area (Å²) in [5.41, 5.74) is 4.13. The number of aldehydes is 1. The zero-order valence-corrected chi connectivity index (χ0v) is 11.6. The Morgan fingerprint density at radius 2 is 1.89 bits per heavy atom. The molecule has 2 aromatic rings. The standard InChI is InChI=1S/C16H18N2O/c1-12-4-6-14(7-5-12)10-18(3)16-13(2)8-15(11-19)9-17-16/h4-9,11H,10H2,1-3H3. The second-order valence-electron chi connectivity index (χ2n) is 4.87. The van der Waals surface area contributed by atoms with E-state index in [0.717, 1.165) is 24.2 Å². The van der Waals surface area contributed by atoms with Crippen molar-refractivity contribution < 1.29 is 4.79 Å². The topological polar surface area (TPSA) is 33.2 Å². The highest BCUT2D eigenvalue weighted by atomic mass is 16.1. The van der Waals surface area contributed by atoms with E-state index in [1.54, 1.807) is 6.20 Å². The van der Waals surface area contributed by atoms with E-state index >= 15 is 0 Å². The molecule has 0 aliphatic rings. The Kier molecular flexibility index (Phi) is 3.95. The van der Waals surface area contributed by atoms with E-state index in [0.29, 0.717) is 5.56 Å². The molecule has 0 bridgehead atoms. The highest BCUT2D eigenvalue weighted by Crippen LogP contribution is 2.18. The van der Waals surface area contributed by atoms with Crippen LogP contribution in [0.15, 0.2) is 36.5 Å². The van der Waals surface area contributed by atoms with Crippen LogP contribution in [0, 0.1) is 13.8 Å². The van der Waals surface area contributed by atoms with Crippen molar-refractivity contribution in [1.29, 1.82) is 0 Å². The third-order valence-corrected chi connectivity index (χ3v) is 3.11. The van der Waals surface area contributed by atoms with Gasteiger partial charge in [-0.2, -0.15) is 0 Å². The monoisotopic (exact) mass is 254 g/mol. The molecule has 0 aliphatic heterocycles. The van der Waals surface area contributed by atoms with Crippen molar-refractivity contribution in [3.8, 4) is 0 Å². The number of pyridine rings is 1. The van der Waals surface area contributed by atoms with Gasteiger partial charge in [-0.15, -0.1) is 0 Å². The van der Waals surface area contributed by atoms with Crippen LogP contribution in [0.2, 0.25) is 0 Å². The zero-order valence-electron chi connectivity index (χ0n) is 11.6. The van der Waals surface area contributed by atoms with Crippen LogP contribution in [0.4, 0.5) is 5.82 Å². The molecule has 0 aliphatic carbocycles. The van der Waals surface area contributed by atoms with Gasteiger partial charge in [0.25, 0.3) is 0 Å². The largest absolute Gasteiger partial charge is 0.355 e. The fraction of sp³-hybridized carbons (Fsp3) is 0.250. The second-order valence-corrected chi connectivity index (χ2v) is 4.87. The molecule has 2 rings (SSSR count). The summed E-state index contributed by atoms with van der Waals surface area (Å²) in [6.07, 6.45) is 2.44. The van der Waals surface area contributed by atoms with Crippen LogP contribution in [0.1, 0.15) is 27.0 Å². The number of nitrogens with zero attached hydrogens (tertiary/aromatic N) is 2. The average Bonchev–Trinajstić information content (AvgIpc) is 2.41. The Hall–Kier alpha value is -2.16. The van der Waals surface area contributed by atoms with Gasteiger partial charge in [0.1, 0.15) is 5.82 Å². The summed E-state index contributed by atoms with van der Waals surface area (Å²) in [5, 5.41) is 0. The van der Waals surface area contributed by atoms with E-state index < -0.39 is 0 Å². The lowest BCUT2D eigenvalue weighted by Gasteiger charge is -2.20. The molecule has 0 amide bonds. The molecule has 1 heterocycles. The van der Waals surface area contributed by atoms with Gasteiger partial charge in [-0.05, 0) is 31.0 Å². The lowest BCUT2D eigenvalue weighted by Crippen LogP contribution is -2.18. The van der Waals surface area contributed by atoms with Gasteiger partial charge < -0.3 is 4.90 Å². The molecule has 19 heavy (non-hydrogen) atoms. The van der Waals surface area contributed by atoms with E-state index in [2.05, 4.69) is 41.1 Å². The van der Waals surface area contributed by atoms with Crippen molar-refractivity contribution in [2.75, 3.05) is 11.9 Å². The molecule has 3 nitrogen and oxygen atoms in total. The molecule has 0 unspecified atom stereocenters. The minimum Gasteiger partial charge on any atom is -0.355 e. The van der Waals surface area contributed by atoms with E-state index in [4.69, 9.17) is 0 Å². The van der Waals surface area contributed by atoms with Crippen molar-refractivity contribution in [1.82, 2.24) is 4.98 Å². The van der Waals surface area contributed by atoms with Gasteiger partial charge in [-0.3, -0.25) is 4.79 Å². The first kappa shape index (κ1) is 13.3. The van der Waals surface area contributed by atoms with Crippen molar-refractivity contribution in [2.24, 2.45) is 0 Å².